The smallest absolute Gasteiger partial charge is 0.234 e. The fourth-order valence-electron chi connectivity index (χ4n) is 3.20. The lowest BCUT2D eigenvalue weighted by Gasteiger charge is -2.35. The molecule has 1 N–H and O–H groups in total. The fourth-order valence-corrected chi connectivity index (χ4v) is 3.20. The van der Waals surface area contributed by atoms with Gasteiger partial charge >= 0.3 is 0 Å². The number of nitrogens with one attached hydrogen (secondary N) is 1. The Morgan fingerprint density at radius 1 is 1.10 bits per heavy atom. The van der Waals surface area contributed by atoms with E-state index in [1.165, 1.54) is 19.3 Å². The van der Waals surface area contributed by atoms with Gasteiger partial charge in [0.2, 0.25) is 11.8 Å². The monoisotopic (exact) mass is 277 g/mol. The van der Waals surface area contributed by atoms with Gasteiger partial charge in [-0.15, -0.1) is 0 Å². The van der Waals surface area contributed by atoms with E-state index in [0.717, 1.165) is 38.8 Å². The van der Waals surface area contributed by atoms with Crippen molar-refractivity contribution in [3.8, 4) is 6.07 Å². The molecule has 0 aromatic rings. The van der Waals surface area contributed by atoms with Crippen molar-refractivity contribution in [2.75, 3.05) is 13.1 Å². The largest absolute Gasteiger partial charge is 0.352 e. The zero-order chi connectivity index (χ0) is 14.4. The summed E-state index contributed by atoms with van der Waals surface area (Å²) in [4.78, 5) is 25.7. The highest BCUT2D eigenvalue weighted by molar-refractivity contribution is 5.79. The average molecular weight is 277 g/mol. The van der Waals surface area contributed by atoms with Crippen LogP contribution in [0, 0.1) is 17.2 Å². The summed E-state index contributed by atoms with van der Waals surface area (Å²) in [5.41, 5.74) is 0. The Balaban J connectivity index is 1.74. The maximum atomic E-state index is 12.4. The molecule has 5 nitrogen and oxygen atoms in total. The molecule has 2 fully saturated rings. The molecule has 0 spiro atoms. The van der Waals surface area contributed by atoms with Crippen LogP contribution in [0.3, 0.4) is 0 Å². The summed E-state index contributed by atoms with van der Waals surface area (Å²) in [7, 11) is 0. The Bertz CT molecular complexity index is 388. The van der Waals surface area contributed by atoms with E-state index in [1.54, 1.807) is 0 Å². The molecule has 0 radical (unpaired) electrons. The highest BCUT2D eigenvalue weighted by atomic mass is 16.2. The minimum Gasteiger partial charge on any atom is -0.352 e. The van der Waals surface area contributed by atoms with Gasteiger partial charge in [-0.2, -0.15) is 5.26 Å². The molecule has 0 unspecified atom stereocenters. The quantitative estimate of drug-likeness (QED) is 0.851. The molecule has 1 aliphatic heterocycles. The van der Waals surface area contributed by atoms with E-state index in [-0.39, 0.29) is 24.3 Å². The van der Waals surface area contributed by atoms with Gasteiger partial charge in [0.15, 0.2) is 0 Å². The van der Waals surface area contributed by atoms with Crippen LogP contribution in [0.2, 0.25) is 0 Å². The van der Waals surface area contributed by atoms with Gasteiger partial charge in [-0.3, -0.25) is 9.59 Å². The predicted octanol–water partition coefficient (Wildman–Crippen LogP) is 1.59. The molecule has 1 aliphatic carbocycles. The first-order chi connectivity index (χ1) is 9.70. The van der Waals surface area contributed by atoms with Gasteiger partial charge in [0, 0.05) is 25.0 Å². The van der Waals surface area contributed by atoms with Crippen molar-refractivity contribution in [2.45, 2.75) is 57.4 Å². The number of carbonyl (C=O) groups is 2. The number of hydrogen-bond donors (Lipinski definition) is 1. The number of hydrogen-bond acceptors (Lipinski definition) is 3. The Morgan fingerprint density at radius 3 is 2.35 bits per heavy atom. The van der Waals surface area contributed by atoms with Gasteiger partial charge in [0.1, 0.15) is 6.42 Å². The Labute approximate surface area is 120 Å². The van der Waals surface area contributed by atoms with Crippen LogP contribution in [0.1, 0.15) is 51.4 Å². The Hall–Kier alpha value is -1.57. The lowest BCUT2D eigenvalue weighted by Crippen LogP contribution is -2.48. The second-order valence-electron chi connectivity index (χ2n) is 5.84. The first-order valence-electron chi connectivity index (χ1n) is 7.66. The lowest BCUT2D eigenvalue weighted by molar-refractivity contribution is -0.137. The second kappa shape index (κ2) is 7.28. The number of likely N-dealkylation sites (tertiary alicyclic amines) is 1. The van der Waals surface area contributed by atoms with Gasteiger partial charge in [-0.1, -0.05) is 19.3 Å². The van der Waals surface area contributed by atoms with Crippen LogP contribution in [-0.4, -0.2) is 35.8 Å². The highest BCUT2D eigenvalue weighted by Crippen LogP contribution is 2.26. The first kappa shape index (κ1) is 14.8. The molecule has 0 atom stereocenters. The molecule has 2 amide bonds. The van der Waals surface area contributed by atoms with Crippen LogP contribution in [0.15, 0.2) is 0 Å². The molecule has 0 aromatic heterocycles. The number of piperidine rings is 1. The minimum absolute atomic E-state index is 0.0821. The molecule has 0 aromatic carbocycles. The summed E-state index contributed by atoms with van der Waals surface area (Å²) in [6.07, 6.45) is 7.22. The summed E-state index contributed by atoms with van der Waals surface area (Å²) in [5.74, 6) is 0.338. The maximum Gasteiger partial charge on any atom is 0.234 e. The summed E-state index contributed by atoms with van der Waals surface area (Å²) in [6, 6.07) is 1.97. The van der Waals surface area contributed by atoms with E-state index >= 15 is 0 Å². The fraction of sp³-hybridized carbons (Fsp3) is 0.800. The maximum absolute atomic E-state index is 12.4. The van der Waals surface area contributed by atoms with Gasteiger partial charge in [0.05, 0.1) is 6.07 Å². The minimum atomic E-state index is -0.204. The van der Waals surface area contributed by atoms with E-state index in [2.05, 4.69) is 5.32 Å². The summed E-state index contributed by atoms with van der Waals surface area (Å²) >= 11 is 0. The summed E-state index contributed by atoms with van der Waals surface area (Å²) in [5, 5.41) is 11.3. The molecular weight excluding hydrogens is 254 g/mol. The SMILES string of the molecule is N#CCC(=O)NC1CCN(C(=O)C2CCCCC2)CC1. The Morgan fingerprint density at radius 2 is 1.75 bits per heavy atom. The van der Waals surface area contributed by atoms with Crippen molar-refractivity contribution in [3.05, 3.63) is 0 Å². The van der Waals surface area contributed by atoms with E-state index < -0.39 is 0 Å². The summed E-state index contributed by atoms with van der Waals surface area (Å²) < 4.78 is 0. The summed E-state index contributed by atoms with van der Waals surface area (Å²) in [6.45, 7) is 1.46. The van der Waals surface area contributed by atoms with Crippen LogP contribution in [-0.2, 0) is 9.59 Å². The Kier molecular flexibility index (Phi) is 5.40. The molecule has 110 valence electrons. The van der Waals surface area contributed by atoms with Gasteiger partial charge in [-0.25, -0.2) is 0 Å². The molecule has 2 aliphatic rings. The molecular formula is C15H23N3O2. The third-order valence-corrected chi connectivity index (χ3v) is 4.37. The standard InChI is InChI=1S/C15H23N3O2/c16-9-6-14(19)17-13-7-10-18(11-8-13)15(20)12-4-2-1-3-5-12/h12-13H,1-8,10-11H2,(H,17,19). The molecule has 5 heteroatoms. The number of carbonyl (C=O) groups excluding carboxylic acids is 2. The third-order valence-electron chi connectivity index (χ3n) is 4.37. The van der Waals surface area contributed by atoms with Crippen molar-refractivity contribution < 1.29 is 9.59 Å². The van der Waals surface area contributed by atoms with Crippen LogP contribution in [0.4, 0.5) is 0 Å². The van der Waals surface area contributed by atoms with E-state index in [9.17, 15) is 9.59 Å². The molecule has 1 heterocycles. The van der Waals surface area contributed by atoms with E-state index in [4.69, 9.17) is 5.26 Å². The van der Waals surface area contributed by atoms with Crippen molar-refractivity contribution in [3.63, 3.8) is 0 Å². The molecule has 20 heavy (non-hydrogen) atoms. The van der Waals surface area contributed by atoms with Crippen molar-refractivity contribution in [1.82, 2.24) is 10.2 Å². The number of nitriles is 1. The van der Waals surface area contributed by atoms with Crippen LogP contribution >= 0.6 is 0 Å². The first-order valence-corrected chi connectivity index (χ1v) is 7.66. The lowest BCUT2D eigenvalue weighted by atomic mass is 9.87. The van der Waals surface area contributed by atoms with Crippen molar-refractivity contribution >= 4 is 11.8 Å². The average Bonchev–Trinajstić information content (AvgIpc) is 2.48. The number of nitrogens with zero attached hydrogens (tertiary/aromatic N) is 2. The third kappa shape index (κ3) is 3.96. The highest BCUT2D eigenvalue weighted by Gasteiger charge is 2.29. The number of rotatable bonds is 3. The van der Waals surface area contributed by atoms with Crippen molar-refractivity contribution in [1.29, 1.82) is 5.26 Å². The molecule has 0 bridgehead atoms. The topological polar surface area (TPSA) is 73.2 Å². The van der Waals surface area contributed by atoms with Gasteiger partial charge in [-0.05, 0) is 25.7 Å². The molecule has 1 saturated heterocycles. The van der Waals surface area contributed by atoms with Gasteiger partial charge in [0.25, 0.3) is 0 Å². The zero-order valence-electron chi connectivity index (χ0n) is 11.9. The normalized spacial score (nSPS) is 21.2. The van der Waals surface area contributed by atoms with Gasteiger partial charge < -0.3 is 10.2 Å². The van der Waals surface area contributed by atoms with Crippen LogP contribution < -0.4 is 5.32 Å². The van der Waals surface area contributed by atoms with E-state index in [0.29, 0.717) is 5.91 Å². The second-order valence-corrected chi connectivity index (χ2v) is 5.84. The van der Waals surface area contributed by atoms with Crippen LogP contribution in [0.25, 0.3) is 0 Å². The van der Waals surface area contributed by atoms with Crippen molar-refractivity contribution in [2.24, 2.45) is 5.92 Å². The molecule has 1 saturated carbocycles. The van der Waals surface area contributed by atoms with E-state index in [1.807, 2.05) is 11.0 Å². The van der Waals surface area contributed by atoms with Crippen LogP contribution in [0.5, 0.6) is 0 Å². The molecule has 2 rings (SSSR count). The number of amides is 2. The predicted molar refractivity (Wildman–Crippen MR) is 74.5 cm³/mol. The zero-order valence-corrected chi connectivity index (χ0v) is 11.9.